The van der Waals surface area contributed by atoms with E-state index in [1.807, 2.05) is 123 Å². The van der Waals surface area contributed by atoms with Crippen LogP contribution in [0.25, 0.3) is 54.9 Å². The third-order valence-corrected chi connectivity index (χ3v) is 22.0. The molecule has 21 nitrogen and oxygen atoms in total. The molecule has 0 bridgehead atoms. The van der Waals surface area contributed by atoms with Crippen molar-refractivity contribution in [2.24, 2.45) is 23.7 Å². The Hall–Kier alpha value is -9.80. The predicted octanol–water partition coefficient (Wildman–Crippen LogP) is 20.5. The topological polar surface area (TPSA) is 259 Å². The number of hydrogen-bond acceptors (Lipinski definition) is 20. The van der Waals surface area contributed by atoms with Gasteiger partial charge in [-0.15, -0.1) is 0 Å². The highest BCUT2D eigenvalue weighted by atomic mass is 16.7. The number of benzene rings is 6. The number of carbonyl (C=O) groups excluding carboxylic acids is 2. The van der Waals surface area contributed by atoms with E-state index in [9.17, 15) is 19.7 Å². The van der Waals surface area contributed by atoms with Gasteiger partial charge >= 0.3 is 0 Å². The van der Waals surface area contributed by atoms with E-state index in [0.717, 1.165) is 132 Å². The molecule has 6 aliphatic rings. The molecule has 2 saturated heterocycles. The number of aromatic nitrogens is 6. The third kappa shape index (κ3) is 19.9. The average Bonchev–Trinajstić information content (AvgIpc) is 1.63. The van der Waals surface area contributed by atoms with Crippen LogP contribution in [0.5, 0.6) is 0 Å². The second kappa shape index (κ2) is 36.4. The van der Waals surface area contributed by atoms with Gasteiger partial charge in [-0.25, -0.2) is 9.97 Å². The first kappa shape index (κ1) is 76.4. The van der Waals surface area contributed by atoms with E-state index < -0.39 is 16.5 Å². The Morgan fingerprint density at radius 2 is 0.907 bits per heavy atom. The molecule has 5 aromatic heterocycles. The van der Waals surface area contributed by atoms with Crippen LogP contribution in [0.2, 0.25) is 0 Å². The van der Waals surface area contributed by atoms with Gasteiger partial charge in [0.25, 0.3) is 5.69 Å². The predicted molar refractivity (Wildman–Crippen MR) is 417 cm³/mol. The number of ketones is 2. The summed E-state index contributed by atoms with van der Waals surface area (Å²) in [4.78, 5) is 44.6. The Morgan fingerprint density at radius 3 is 1.36 bits per heavy atom. The summed E-state index contributed by atoms with van der Waals surface area (Å²) in [6.07, 6.45) is 35.4. The van der Waals surface area contributed by atoms with E-state index in [4.69, 9.17) is 42.0 Å². The zero-order valence-electron chi connectivity index (χ0n) is 63.0. The number of fused-ring (bicyclic) bond motifs is 4. The molecule has 0 unspecified atom stereocenters. The molecule has 2 aliphatic heterocycles. The first-order valence-electron chi connectivity index (χ1n) is 39.0. The fourth-order valence-corrected chi connectivity index (χ4v) is 15.8. The van der Waals surface area contributed by atoms with Gasteiger partial charge in [-0.3, -0.25) is 19.7 Å². The number of hydrogen-bond donors (Lipinski definition) is 1. The number of non-ortho nitro benzene ring substituents is 1. The van der Waals surface area contributed by atoms with Gasteiger partial charge in [0.2, 0.25) is 5.95 Å². The highest BCUT2D eigenvalue weighted by molar-refractivity contribution is 6.06. The Kier molecular flexibility index (Phi) is 25.7. The SMILES string of the molecule is CC(=O)c1ccc2noc(CC3CCCCC3)c2c1.CC1(c2ccc([N+](=O)[O-])cc2)OCCO1.CC1(c2ccc3noc(CC4CCCCC4)c3c2)OCCO1.CN(C)/C=C/C(=O)c1ccc2noc(CC3CCCCC3)c2c1.c1ccc(Nc2nccc(-c3ccc4noc(CC5CCCCC5)c4c3)n2)cc1. The van der Waals surface area contributed by atoms with Crippen LogP contribution in [-0.2, 0) is 56.2 Å². The number of anilines is 2. The zero-order chi connectivity index (χ0) is 74.8. The van der Waals surface area contributed by atoms with Crippen molar-refractivity contribution in [1.29, 1.82) is 0 Å². The van der Waals surface area contributed by atoms with Crippen molar-refractivity contribution >= 4 is 72.5 Å². The van der Waals surface area contributed by atoms with E-state index in [1.54, 1.807) is 44.5 Å². The molecule has 7 heterocycles. The Bertz CT molecular complexity index is 4790. The van der Waals surface area contributed by atoms with Gasteiger partial charge in [-0.2, -0.15) is 0 Å². The Balaban J connectivity index is 0.000000121. The number of carbonyl (C=O) groups is 2. The summed E-state index contributed by atoms with van der Waals surface area (Å²) in [6, 6.07) is 41.7. The number of nitro groups is 1. The molecule has 6 fully saturated rings. The van der Waals surface area contributed by atoms with E-state index >= 15 is 0 Å². The third-order valence-electron chi connectivity index (χ3n) is 22.0. The van der Waals surface area contributed by atoms with E-state index in [0.29, 0.717) is 55.7 Å². The lowest BCUT2D eigenvalue weighted by Crippen LogP contribution is -2.22. The fourth-order valence-electron chi connectivity index (χ4n) is 15.8. The van der Waals surface area contributed by atoms with E-state index in [1.165, 1.54) is 141 Å². The van der Waals surface area contributed by atoms with Gasteiger partial charge in [0.1, 0.15) is 45.1 Å². The molecular weight excluding hydrogens is 1360 g/mol. The maximum absolute atomic E-state index is 12.3. The number of Topliss-reactive ketones (excluding diaryl/α,β-unsaturated/α-hetero) is 1. The molecule has 21 heteroatoms. The zero-order valence-corrected chi connectivity index (χ0v) is 63.0. The van der Waals surface area contributed by atoms with Gasteiger partial charge in [-0.05, 0) is 135 Å². The van der Waals surface area contributed by atoms with Crippen molar-refractivity contribution in [2.75, 3.05) is 45.8 Å². The number of para-hydroxylation sites is 1. The van der Waals surface area contributed by atoms with Crippen molar-refractivity contribution in [3.05, 3.63) is 207 Å². The lowest BCUT2D eigenvalue weighted by atomic mass is 9.86. The normalized spacial score (nSPS) is 17.6. The van der Waals surface area contributed by atoms with Crippen LogP contribution in [-0.4, -0.2) is 92.5 Å². The highest BCUT2D eigenvalue weighted by Gasteiger charge is 2.35. The van der Waals surface area contributed by atoms with Crippen LogP contribution in [0, 0.1) is 33.8 Å². The molecule has 0 amide bonds. The van der Waals surface area contributed by atoms with Crippen LogP contribution in [0.4, 0.5) is 17.3 Å². The number of nitrogens with one attached hydrogen (secondary N) is 1. The number of nitrogens with zero attached hydrogens (tertiary/aromatic N) is 8. The summed E-state index contributed by atoms with van der Waals surface area (Å²) in [5.74, 6) is 6.05. The monoisotopic (exact) mass is 1460 g/mol. The second-order valence-electron chi connectivity index (χ2n) is 30.2. The summed E-state index contributed by atoms with van der Waals surface area (Å²) >= 11 is 0. The van der Waals surface area contributed by atoms with Crippen molar-refractivity contribution in [3.8, 4) is 11.3 Å². The first-order valence-corrected chi connectivity index (χ1v) is 39.0. The quantitative estimate of drug-likeness (QED) is 0.0362. The molecule has 4 aliphatic carbocycles. The summed E-state index contributed by atoms with van der Waals surface area (Å²) < 4.78 is 44.8. The van der Waals surface area contributed by atoms with Crippen molar-refractivity contribution in [3.63, 3.8) is 0 Å². The van der Waals surface area contributed by atoms with Crippen LogP contribution >= 0.6 is 0 Å². The number of ether oxygens (including phenoxy) is 4. The molecular formula is C87H101N9O12. The van der Waals surface area contributed by atoms with Gasteiger partial charge < -0.3 is 47.3 Å². The number of rotatable bonds is 18. The maximum Gasteiger partial charge on any atom is 0.269 e. The minimum atomic E-state index is -0.755. The Labute approximate surface area is 631 Å². The van der Waals surface area contributed by atoms with E-state index in [-0.39, 0.29) is 17.3 Å². The molecule has 0 spiro atoms. The molecule has 108 heavy (non-hydrogen) atoms. The average molecular weight is 1460 g/mol. The van der Waals surface area contributed by atoms with Gasteiger partial charge in [0.15, 0.2) is 23.1 Å². The van der Waals surface area contributed by atoms with Crippen LogP contribution in [0.1, 0.15) is 204 Å². The molecule has 0 atom stereocenters. The van der Waals surface area contributed by atoms with Crippen LogP contribution in [0.3, 0.4) is 0 Å². The second-order valence-corrected chi connectivity index (χ2v) is 30.2. The fraction of sp³-hybridized carbons (Fsp3) is 0.448. The van der Waals surface area contributed by atoms with Gasteiger partial charge in [-0.1, -0.05) is 179 Å². The summed E-state index contributed by atoms with van der Waals surface area (Å²) in [5.41, 5.74) is 9.76. The molecule has 6 aromatic carbocycles. The molecule has 17 rings (SSSR count). The molecule has 1 N–H and O–H groups in total. The lowest BCUT2D eigenvalue weighted by molar-refractivity contribution is -0.384. The van der Waals surface area contributed by atoms with Gasteiger partial charge in [0, 0.05) is 125 Å². The molecule has 11 aromatic rings. The summed E-state index contributed by atoms with van der Waals surface area (Å²) in [6.45, 7) is 7.77. The van der Waals surface area contributed by atoms with Crippen LogP contribution in [0.15, 0.2) is 170 Å². The minimum absolute atomic E-state index is 0.00502. The lowest BCUT2D eigenvalue weighted by Gasteiger charge is -2.23. The van der Waals surface area contributed by atoms with Crippen molar-refractivity contribution < 1.29 is 51.6 Å². The van der Waals surface area contributed by atoms with Crippen LogP contribution < -0.4 is 5.32 Å². The largest absolute Gasteiger partial charge is 0.383 e. The summed E-state index contributed by atoms with van der Waals surface area (Å²) in [7, 11) is 3.80. The molecule has 566 valence electrons. The Morgan fingerprint density at radius 1 is 0.500 bits per heavy atom. The van der Waals surface area contributed by atoms with E-state index in [2.05, 4.69) is 43.1 Å². The number of allylic oxidation sites excluding steroid dienone is 1. The van der Waals surface area contributed by atoms with Crippen molar-refractivity contribution in [2.45, 2.75) is 186 Å². The minimum Gasteiger partial charge on any atom is -0.383 e. The smallest absolute Gasteiger partial charge is 0.269 e. The standard InChI is InChI=1S/C24H24N4O.C19H24N2O2.C18H23NO3.C16H19NO2.C10H11NO4/c1-3-7-17(8-4-1)15-23-20-16-18(11-12-22(20)28-29-23)21-13-14-25-24(27-21)26-19-9-5-2-6-10-19;1-21(2)11-10-18(22)15-8-9-17-16(13-15)19(23-20-17)12-14-6-4-3-5-7-14;1-18(20-9-10-21-18)14-7-8-16-15(12-14)17(22-19-16)11-13-5-3-2-4-6-13;1-11(18)13-7-8-15-14(10-13)16(19-17-15)9-12-5-3-2-4-6-12;1-10(14-6-7-15-10)8-2-4-9(5-3-8)11(12)13/h2,5-6,9-14,16-17H,1,3-4,7-8,15H2,(H,25,26,27);8-11,13-14H,3-7,12H2,1-2H3;7-8,12-13H,2-6,9-11H2,1H3;7-8,10,12H,2-6,9H2,1H3;2-5H,6-7H2,1H3/b;11-10+;;;. The molecule has 0 radical (unpaired) electrons. The van der Waals surface area contributed by atoms with Gasteiger partial charge in [0.05, 0.1) is 37.0 Å². The first-order chi connectivity index (χ1) is 52.6. The highest BCUT2D eigenvalue weighted by Crippen LogP contribution is 2.39. The maximum atomic E-state index is 12.3. The van der Waals surface area contributed by atoms with Crippen molar-refractivity contribution in [1.82, 2.24) is 35.5 Å². The number of nitro benzene ring substituents is 1. The summed E-state index contributed by atoms with van der Waals surface area (Å²) in [5, 5.41) is 34.7. The molecule has 4 saturated carbocycles.